The summed E-state index contributed by atoms with van der Waals surface area (Å²) in [5.74, 6) is -1.00. The molecular formula is C35H29INO3P. The number of rotatable bonds is 8. The van der Waals surface area contributed by atoms with Crippen LogP contribution in [0.4, 0.5) is 0 Å². The molecule has 4 nitrogen and oxygen atoms in total. The lowest BCUT2D eigenvalue weighted by Gasteiger charge is -2.31. The molecule has 204 valence electrons. The summed E-state index contributed by atoms with van der Waals surface area (Å²) in [5, 5.41) is 6.84. The van der Waals surface area contributed by atoms with E-state index in [0.29, 0.717) is 10.9 Å². The molecule has 0 aliphatic carbocycles. The molecule has 0 saturated heterocycles. The second kappa shape index (κ2) is 14.0. The number of ether oxygens (including phenoxy) is 1. The normalized spacial score (nSPS) is 11.4. The third-order valence-corrected chi connectivity index (χ3v) is 11.1. The first kappa shape index (κ1) is 29.9. The van der Waals surface area contributed by atoms with Gasteiger partial charge < -0.3 is 34.0 Å². The summed E-state index contributed by atoms with van der Waals surface area (Å²) in [5.41, 5.74) is 1.38. The van der Waals surface area contributed by atoms with E-state index in [1.54, 1.807) is 24.3 Å². The Hall–Kier alpha value is -4.06. The molecule has 1 N–H and O–H groups in total. The van der Waals surface area contributed by atoms with E-state index in [0.717, 1.165) is 21.5 Å². The zero-order valence-electron chi connectivity index (χ0n) is 22.5. The fourth-order valence-corrected chi connectivity index (χ4v) is 9.52. The van der Waals surface area contributed by atoms with Crippen LogP contribution >= 0.6 is 7.26 Å². The van der Waals surface area contributed by atoms with Gasteiger partial charge in [-0.25, -0.2) is 4.79 Å². The Kier molecular flexibility index (Phi) is 10.2. The first-order chi connectivity index (χ1) is 19.7. The van der Waals surface area contributed by atoms with Crippen LogP contribution in [-0.4, -0.2) is 19.0 Å². The molecule has 0 atom stereocenters. The van der Waals surface area contributed by atoms with Gasteiger partial charge in [-0.15, -0.1) is 0 Å². The summed E-state index contributed by atoms with van der Waals surface area (Å²) < 4.78 is 5.36. The van der Waals surface area contributed by atoms with E-state index in [2.05, 4.69) is 41.7 Å². The lowest BCUT2D eigenvalue weighted by Crippen LogP contribution is -3.00. The van der Waals surface area contributed by atoms with E-state index in [1.165, 1.54) is 7.11 Å². The number of hydrogen-bond acceptors (Lipinski definition) is 3. The topological polar surface area (TPSA) is 55.4 Å². The third kappa shape index (κ3) is 6.17. The van der Waals surface area contributed by atoms with Crippen molar-refractivity contribution in [2.75, 3.05) is 7.11 Å². The van der Waals surface area contributed by atoms with Gasteiger partial charge in [-0.1, -0.05) is 103 Å². The van der Waals surface area contributed by atoms with Crippen molar-refractivity contribution < 1.29 is 38.3 Å². The Balaban J connectivity index is 0.00000387. The van der Waals surface area contributed by atoms with Crippen LogP contribution in [0.3, 0.4) is 0 Å². The van der Waals surface area contributed by atoms with Crippen LogP contribution in [-0.2, 0) is 9.53 Å². The highest BCUT2D eigenvalue weighted by Crippen LogP contribution is 2.67. The molecule has 0 spiro atoms. The molecule has 0 radical (unpaired) electrons. The van der Waals surface area contributed by atoms with Gasteiger partial charge in [0.05, 0.1) is 7.11 Å². The average Bonchev–Trinajstić information content (AvgIpc) is 3.04. The van der Waals surface area contributed by atoms with Crippen molar-refractivity contribution >= 4 is 40.4 Å². The summed E-state index contributed by atoms with van der Waals surface area (Å²) in [6, 6.07) is 49.3. The number of carbonyl (C=O) groups is 2. The molecular weight excluding hydrogens is 640 g/mol. The molecule has 6 heteroatoms. The van der Waals surface area contributed by atoms with Crippen molar-refractivity contribution in [1.29, 1.82) is 0 Å². The maximum atomic E-state index is 13.8. The zero-order chi connectivity index (χ0) is 27.8. The number of nitrogens with one attached hydrogen (secondary N) is 1. The molecule has 5 aromatic rings. The van der Waals surface area contributed by atoms with Crippen molar-refractivity contribution in [2.24, 2.45) is 0 Å². The quantitative estimate of drug-likeness (QED) is 0.120. The highest BCUT2D eigenvalue weighted by Gasteiger charge is 2.53. The lowest BCUT2D eigenvalue weighted by atomic mass is 10.1. The van der Waals surface area contributed by atoms with E-state index in [1.807, 2.05) is 91.0 Å². The summed E-state index contributed by atoms with van der Waals surface area (Å²) >= 11 is 0. The van der Waals surface area contributed by atoms with Crippen LogP contribution in [0.1, 0.15) is 15.9 Å². The first-order valence-electron chi connectivity index (χ1n) is 13.0. The van der Waals surface area contributed by atoms with E-state index in [-0.39, 0.29) is 35.6 Å². The fourth-order valence-electron chi connectivity index (χ4n) is 4.98. The van der Waals surface area contributed by atoms with Crippen LogP contribution < -0.4 is 45.2 Å². The standard InChI is InChI=1S/C35H28NO3P.HI/c1-39-35(38)32(36-34(37)28-19-9-3-10-20-28)33(27-17-7-2-8-18-27)40(29-21-11-4-12-22-29,30-23-13-5-14-24-30)31-25-15-6-16-26-31;/h2-26H,1H3;1H/b33-32-;. The van der Waals surface area contributed by atoms with Crippen LogP contribution in [0.15, 0.2) is 157 Å². The Bertz CT molecular complexity index is 1510. The minimum atomic E-state index is -2.79. The van der Waals surface area contributed by atoms with Crippen molar-refractivity contribution in [3.05, 3.63) is 168 Å². The number of esters is 1. The first-order valence-corrected chi connectivity index (χ1v) is 14.8. The van der Waals surface area contributed by atoms with Crippen molar-refractivity contribution in [2.45, 2.75) is 0 Å². The van der Waals surface area contributed by atoms with Crippen molar-refractivity contribution in [3.63, 3.8) is 0 Å². The molecule has 0 fully saturated rings. The highest BCUT2D eigenvalue weighted by molar-refractivity contribution is 8.03. The summed E-state index contributed by atoms with van der Waals surface area (Å²) in [4.78, 5) is 27.4. The molecule has 0 unspecified atom stereocenters. The summed E-state index contributed by atoms with van der Waals surface area (Å²) in [6.07, 6.45) is 0. The molecule has 0 heterocycles. The monoisotopic (exact) mass is 669 g/mol. The van der Waals surface area contributed by atoms with Gasteiger partial charge in [0.25, 0.3) is 5.91 Å². The third-order valence-electron chi connectivity index (χ3n) is 6.71. The SMILES string of the molecule is COC(=O)/C(NC(=O)c1ccccc1)=C(\c1ccccc1)[P+](c1ccccc1)(c1ccccc1)c1ccccc1.[I-]. The molecule has 0 bridgehead atoms. The van der Waals surface area contributed by atoms with Gasteiger partial charge in [-0.3, -0.25) is 4.79 Å². The predicted octanol–water partition coefficient (Wildman–Crippen LogP) is 2.96. The second-order valence-electron chi connectivity index (χ2n) is 9.08. The van der Waals surface area contributed by atoms with Crippen LogP contribution in [0.2, 0.25) is 0 Å². The van der Waals surface area contributed by atoms with Gasteiger partial charge in [-0.2, -0.15) is 0 Å². The van der Waals surface area contributed by atoms with Crippen LogP contribution in [0, 0.1) is 0 Å². The number of methoxy groups -OCH3 is 1. The summed E-state index contributed by atoms with van der Waals surface area (Å²) in [7, 11) is -1.45. The largest absolute Gasteiger partial charge is 1.00 e. The Morgan fingerprint density at radius 2 is 0.878 bits per heavy atom. The smallest absolute Gasteiger partial charge is 0.358 e. The number of carbonyl (C=O) groups excluding carboxylic acids is 2. The molecule has 0 aromatic heterocycles. The maximum absolute atomic E-state index is 13.8. The van der Waals surface area contributed by atoms with Gasteiger partial charge in [0.15, 0.2) is 5.70 Å². The molecule has 5 aromatic carbocycles. The van der Waals surface area contributed by atoms with E-state index in [4.69, 9.17) is 4.74 Å². The van der Waals surface area contributed by atoms with Crippen molar-refractivity contribution in [3.8, 4) is 0 Å². The van der Waals surface area contributed by atoms with E-state index >= 15 is 0 Å². The molecule has 0 aliphatic rings. The number of hydrogen-bond donors (Lipinski definition) is 1. The van der Waals surface area contributed by atoms with Crippen LogP contribution in [0.25, 0.3) is 5.31 Å². The number of amides is 1. The molecule has 41 heavy (non-hydrogen) atoms. The maximum Gasteiger partial charge on any atom is 0.358 e. The number of halogens is 1. The van der Waals surface area contributed by atoms with E-state index < -0.39 is 13.2 Å². The van der Waals surface area contributed by atoms with E-state index in [9.17, 15) is 9.59 Å². The molecule has 1 amide bonds. The minimum Gasteiger partial charge on any atom is -1.00 e. The minimum absolute atomic E-state index is 0. The fraction of sp³-hybridized carbons (Fsp3) is 0.0286. The summed E-state index contributed by atoms with van der Waals surface area (Å²) in [6.45, 7) is 0. The Morgan fingerprint density at radius 3 is 1.24 bits per heavy atom. The average molecular weight is 669 g/mol. The zero-order valence-corrected chi connectivity index (χ0v) is 25.5. The molecule has 0 saturated carbocycles. The van der Waals surface area contributed by atoms with Gasteiger partial charge in [0.1, 0.15) is 28.5 Å². The van der Waals surface area contributed by atoms with Gasteiger partial charge in [0.2, 0.25) is 0 Å². The van der Waals surface area contributed by atoms with Gasteiger partial charge in [0, 0.05) is 11.1 Å². The van der Waals surface area contributed by atoms with Gasteiger partial charge in [-0.05, 0) is 48.5 Å². The Labute approximate surface area is 258 Å². The van der Waals surface area contributed by atoms with Gasteiger partial charge >= 0.3 is 5.97 Å². The predicted molar refractivity (Wildman–Crippen MR) is 164 cm³/mol. The Morgan fingerprint density at radius 1 is 0.537 bits per heavy atom. The number of benzene rings is 5. The van der Waals surface area contributed by atoms with Crippen molar-refractivity contribution in [1.82, 2.24) is 5.32 Å². The highest BCUT2D eigenvalue weighted by atomic mass is 127. The molecule has 5 rings (SSSR count). The van der Waals surface area contributed by atoms with Crippen LogP contribution in [0.5, 0.6) is 0 Å². The second-order valence-corrected chi connectivity index (χ2v) is 12.4. The molecule has 0 aliphatic heterocycles. The lowest BCUT2D eigenvalue weighted by molar-refractivity contribution is -0.136.